The number of benzene rings is 1. The van der Waals surface area contributed by atoms with Crippen molar-refractivity contribution in [2.45, 2.75) is 38.0 Å². The molecule has 1 aromatic carbocycles. The summed E-state index contributed by atoms with van der Waals surface area (Å²) in [5.74, 6) is 1.34. The number of carbonyl (C=O) groups excluding carboxylic acids is 1. The van der Waals surface area contributed by atoms with Crippen LogP contribution in [0.25, 0.3) is 0 Å². The zero-order chi connectivity index (χ0) is 17.0. The molecular formula is C19H23N3O2. The molecule has 1 saturated carbocycles. The molecule has 126 valence electrons. The second-order valence-electron chi connectivity index (χ2n) is 6.36. The summed E-state index contributed by atoms with van der Waals surface area (Å²) >= 11 is 0. The van der Waals surface area contributed by atoms with Crippen molar-refractivity contribution >= 4 is 5.91 Å². The van der Waals surface area contributed by atoms with Crippen molar-refractivity contribution in [2.75, 3.05) is 13.7 Å². The molecule has 0 saturated heterocycles. The zero-order valence-corrected chi connectivity index (χ0v) is 14.2. The van der Waals surface area contributed by atoms with Crippen LogP contribution in [0.3, 0.4) is 0 Å². The first kappa shape index (κ1) is 16.4. The number of para-hydroxylation sites is 1. The third kappa shape index (κ3) is 3.25. The number of hydrogen-bond acceptors (Lipinski definition) is 4. The molecule has 1 aromatic heterocycles. The fourth-order valence-corrected chi connectivity index (χ4v) is 3.60. The van der Waals surface area contributed by atoms with Crippen LogP contribution in [0.1, 0.15) is 47.6 Å². The van der Waals surface area contributed by atoms with Crippen LogP contribution >= 0.6 is 0 Å². The number of hydrogen-bond donors (Lipinski definition) is 1. The summed E-state index contributed by atoms with van der Waals surface area (Å²) in [5, 5.41) is 3.07. The quantitative estimate of drug-likeness (QED) is 0.918. The third-order valence-electron chi connectivity index (χ3n) is 4.83. The first-order valence-electron chi connectivity index (χ1n) is 8.36. The van der Waals surface area contributed by atoms with E-state index in [2.05, 4.69) is 21.4 Å². The average Bonchev–Trinajstić information content (AvgIpc) is 3.09. The van der Waals surface area contributed by atoms with E-state index in [-0.39, 0.29) is 11.3 Å². The maximum atomic E-state index is 12.4. The van der Waals surface area contributed by atoms with Crippen LogP contribution in [0.4, 0.5) is 0 Å². The number of aromatic nitrogens is 2. The number of ether oxygens (including phenoxy) is 1. The van der Waals surface area contributed by atoms with Gasteiger partial charge >= 0.3 is 0 Å². The predicted octanol–water partition coefficient (Wildman–Crippen LogP) is 3.04. The predicted molar refractivity (Wildman–Crippen MR) is 92.2 cm³/mol. The third-order valence-corrected chi connectivity index (χ3v) is 4.83. The number of aryl methyl sites for hydroxylation is 1. The fraction of sp³-hybridized carbons (Fsp3) is 0.421. The minimum absolute atomic E-state index is 0.0651. The minimum atomic E-state index is -0.151. The number of methoxy groups -OCH3 is 1. The first-order valence-corrected chi connectivity index (χ1v) is 8.36. The number of rotatable bonds is 5. The fourth-order valence-electron chi connectivity index (χ4n) is 3.60. The van der Waals surface area contributed by atoms with Gasteiger partial charge in [0.1, 0.15) is 17.3 Å². The number of amides is 1. The van der Waals surface area contributed by atoms with Gasteiger partial charge in [0.05, 0.1) is 7.11 Å². The standard InChI is InChI=1S/C19H23N3O2/c1-14-20-12-9-16(22-14)18(23)21-13-19(10-5-6-11-19)15-7-3-4-8-17(15)24-2/h3-4,7-9,12H,5-6,10-11,13H2,1-2H3,(H,21,23). The van der Waals surface area contributed by atoms with Crippen LogP contribution in [-0.2, 0) is 5.41 Å². The van der Waals surface area contributed by atoms with Crippen molar-refractivity contribution in [2.24, 2.45) is 0 Å². The van der Waals surface area contributed by atoms with Gasteiger partial charge in [-0.1, -0.05) is 31.0 Å². The molecule has 3 rings (SSSR count). The average molecular weight is 325 g/mol. The van der Waals surface area contributed by atoms with Gasteiger partial charge in [0.15, 0.2) is 0 Å². The number of nitrogens with zero attached hydrogens (tertiary/aromatic N) is 2. The Bertz CT molecular complexity index is 724. The Labute approximate surface area is 142 Å². The molecule has 0 radical (unpaired) electrons. The second-order valence-corrected chi connectivity index (χ2v) is 6.36. The van der Waals surface area contributed by atoms with Crippen LogP contribution in [0.5, 0.6) is 5.75 Å². The van der Waals surface area contributed by atoms with Crippen molar-refractivity contribution in [3.05, 3.63) is 53.6 Å². The summed E-state index contributed by atoms with van der Waals surface area (Å²) < 4.78 is 5.56. The van der Waals surface area contributed by atoms with Crippen molar-refractivity contribution in [1.29, 1.82) is 0 Å². The summed E-state index contributed by atoms with van der Waals surface area (Å²) in [6.07, 6.45) is 6.05. The minimum Gasteiger partial charge on any atom is -0.496 e. The van der Waals surface area contributed by atoms with Crippen LogP contribution in [0, 0.1) is 6.92 Å². The number of carbonyl (C=O) groups is 1. The number of nitrogens with one attached hydrogen (secondary N) is 1. The van der Waals surface area contributed by atoms with E-state index in [1.165, 1.54) is 18.4 Å². The molecular weight excluding hydrogens is 302 g/mol. The Hall–Kier alpha value is -2.43. The second kappa shape index (κ2) is 6.99. The maximum Gasteiger partial charge on any atom is 0.270 e. The molecule has 1 aliphatic rings. The van der Waals surface area contributed by atoms with Gasteiger partial charge in [-0.2, -0.15) is 0 Å². The molecule has 1 heterocycles. The van der Waals surface area contributed by atoms with E-state index in [9.17, 15) is 4.79 Å². The summed E-state index contributed by atoms with van der Waals surface area (Å²) in [6, 6.07) is 9.77. The Kier molecular flexibility index (Phi) is 4.79. The van der Waals surface area contributed by atoms with Gasteiger partial charge in [0, 0.05) is 23.7 Å². The van der Waals surface area contributed by atoms with Crippen LogP contribution in [0.15, 0.2) is 36.5 Å². The lowest BCUT2D eigenvalue weighted by Gasteiger charge is -2.31. The molecule has 2 aromatic rings. The largest absolute Gasteiger partial charge is 0.496 e. The van der Waals surface area contributed by atoms with Crippen LogP contribution in [-0.4, -0.2) is 29.5 Å². The molecule has 1 aliphatic carbocycles. The summed E-state index contributed by atoms with van der Waals surface area (Å²) in [6.45, 7) is 2.37. The molecule has 5 nitrogen and oxygen atoms in total. The van der Waals surface area contributed by atoms with Gasteiger partial charge in [-0.3, -0.25) is 4.79 Å². The molecule has 0 aliphatic heterocycles. The molecule has 0 bridgehead atoms. The topological polar surface area (TPSA) is 64.1 Å². The molecule has 1 fully saturated rings. The van der Waals surface area contributed by atoms with Crippen molar-refractivity contribution in [3.63, 3.8) is 0 Å². The molecule has 24 heavy (non-hydrogen) atoms. The lowest BCUT2D eigenvalue weighted by Crippen LogP contribution is -2.39. The monoisotopic (exact) mass is 325 g/mol. The van der Waals surface area contributed by atoms with Crippen LogP contribution in [0.2, 0.25) is 0 Å². The van der Waals surface area contributed by atoms with E-state index in [0.717, 1.165) is 18.6 Å². The summed E-state index contributed by atoms with van der Waals surface area (Å²) in [4.78, 5) is 20.7. The highest BCUT2D eigenvalue weighted by molar-refractivity contribution is 5.92. The SMILES string of the molecule is COc1ccccc1C1(CNC(=O)c2ccnc(C)n2)CCCC1. The Morgan fingerprint density at radius 1 is 1.25 bits per heavy atom. The van der Waals surface area contributed by atoms with Crippen molar-refractivity contribution < 1.29 is 9.53 Å². The van der Waals surface area contributed by atoms with E-state index in [1.807, 2.05) is 18.2 Å². The van der Waals surface area contributed by atoms with Crippen molar-refractivity contribution in [1.82, 2.24) is 15.3 Å². The molecule has 0 unspecified atom stereocenters. The van der Waals surface area contributed by atoms with Gasteiger partial charge in [-0.15, -0.1) is 0 Å². The smallest absolute Gasteiger partial charge is 0.270 e. The highest BCUT2D eigenvalue weighted by atomic mass is 16.5. The molecule has 0 atom stereocenters. The van der Waals surface area contributed by atoms with Crippen LogP contribution < -0.4 is 10.1 Å². The summed E-state index contributed by atoms with van der Waals surface area (Å²) in [7, 11) is 1.70. The highest BCUT2D eigenvalue weighted by Gasteiger charge is 2.38. The molecule has 0 spiro atoms. The maximum absolute atomic E-state index is 12.4. The van der Waals surface area contributed by atoms with Gasteiger partial charge in [-0.25, -0.2) is 9.97 Å². The molecule has 1 N–H and O–H groups in total. The Morgan fingerprint density at radius 2 is 2.00 bits per heavy atom. The van der Waals surface area contributed by atoms with Gasteiger partial charge in [-0.05, 0) is 31.9 Å². The summed E-state index contributed by atoms with van der Waals surface area (Å²) in [5.41, 5.74) is 1.53. The normalized spacial score (nSPS) is 15.9. The van der Waals surface area contributed by atoms with E-state index >= 15 is 0 Å². The Balaban J connectivity index is 1.81. The molecule has 5 heteroatoms. The highest BCUT2D eigenvalue weighted by Crippen LogP contribution is 2.44. The van der Waals surface area contributed by atoms with Crippen molar-refractivity contribution in [3.8, 4) is 5.75 Å². The zero-order valence-electron chi connectivity index (χ0n) is 14.2. The Morgan fingerprint density at radius 3 is 2.71 bits per heavy atom. The van der Waals surface area contributed by atoms with E-state index < -0.39 is 0 Å². The first-order chi connectivity index (χ1) is 11.6. The van der Waals surface area contributed by atoms with E-state index in [0.29, 0.717) is 18.1 Å². The van der Waals surface area contributed by atoms with Gasteiger partial charge in [0.25, 0.3) is 5.91 Å². The lowest BCUT2D eigenvalue weighted by atomic mass is 9.78. The molecule has 1 amide bonds. The van der Waals surface area contributed by atoms with Gasteiger partial charge in [0.2, 0.25) is 0 Å². The lowest BCUT2D eigenvalue weighted by molar-refractivity contribution is 0.0937. The van der Waals surface area contributed by atoms with Gasteiger partial charge < -0.3 is 10.1 Å². The van der Waals surface area contributed by atoms with E-state index in [4.69, 9.17) is 4.74 Å². The van der Waals surface area contributed by atoms with E-state index in [1.54, 1.807) is 26.3 Å².